The Labute approximate surface area is 97.6 Å². The molecule has 0 radical (unpaired) electrons. The summed E-state index contributed by atoms with van der Waals surface area (Å²) in [6, 6.07) is 8.43. The molecule has 0 amide bonds. The predicted octanol–water partition coefficient (Wildman–Crippen LogP) is 5.02. The van der Waals surface area contributed by atoms with Crippen molar-refractivity contribution in [2.45, 2.75) is 44.9 Å². The van der Waals surface area contributed by atoms with E-state index in [-0.39, 0.29) is 0 Å². The quantitative estimate of drug-likeness (QED) is 0.674. The van der Waals surface area contributed by atoms with Crippen molar-refractivity contribution in [1.29, 1.82) is 0 Å². The van der Waals surface area contributed by atoms with Crippen LogP contribution < -0.4 is 0 Å². The molecule has 0 aliphatic heterocycles. The Morgan fingerprint density at radius 2 is 1.93 bits per heavy atom. The molecular formula is C14H19Cl. The van der Waals surface area contributed by atoms with Gasteiger partial charge in [-0.3, -0.25) is 0 Å². The lowest BCUT2D eigenvalue weighted by Gasteiger charge is -2.11. The van der Waals surface area contributed by atoms with Gasteiger partial charge in [-0.2, -0.15) is 0 Å². The highest BCUT2D eigenvalue weighted by molar-refractivity contribution is 6.30. The maximum atomic E-state index is 5.90. The maximum Gasteiger partial charge on any atom is 0.0406 e. The Morgan fingerprint density at radius 1 is 1.20 bits per heavy atom. The number of rotatable bonds is 3. The van der Waals surface area contributed by atoms with Gasteiger partial charge in [0.1, 0.15) is 0 Å². The third kappa shape index (κ3) is 2.75. The Hall–Kier alpha value is -0.490. The third-order valence-corrected chi connectivity index (χ3v) is 3.83. The molecule has 2 unspecified atom stereocenters. The molecule has 0 aromatic heterocycles. The molecule has 1 saturated carbocycles. The van der Waals surface area contributed by atoms with Crippen LogP contribution in [0, 0.1) is 5.92 Å². The van der Waals surface area contributed by atoms with E-state index in [2.05, 4.69) is 19.1 Å². The molecular weight excluding hydrogens is 204 g/mol. The van der Waals surface area contributed by atoms with Crippen molar-refractivity contribution in [2.24, 2.45) is 5.92 Å². The molecule has 0 nitrogen and oxygen atoms in total. The van der Waals surface area contributed by atoms with Crippen LogP contribution in [0.15, 0.2) is 24.3 Å². The summed E-state index contributed by atoms with van der Waals surface area (Å²) in [6.07, 6.45) is 6.91. The van der Waals surface area contributed by atoms with E-state index in [9.17, 15) is 0 Å². The Bertz CT molecular complexity index is 302. The minimum atomic E-state index is 0.791. The van der Waals surface area contributed by atoms with E-state index in [4.69, 9.17) is 11.6 Å². The van der Waals surface area contributed by atoms with Crippen molar-refractivity contribution >= 4 is 11.6 Å². The molecule has 0 saturated heterocycles. The van der Waals surface area contributed by atoms with Crippen molar-refractivity contribution in [1.82, 2.24) is 0 Å². The Kier molecular flexibility index (Phi) is 3.69. The van der Waals surface area contributed by atoms with Gasteiger partial charge in [0.25, 0.3) is 0 Å². The van der Waals surface area contributed by atoms with E-state index in [0.717, 1.165) is 16.9 Å². The van der Waals surface area contributed by atoms with Gasteiger partial charge < -0.3 is 0 Å². The highest BCUT2D eigenvalue weighted by Crippen LogP contribution is 2.40. The van der Waals surface area contributed by atoms with Gasteiger partial charge in [0.05, 0.1) is 0 Å². The van der Waals surface area contributed by atoms with Crippen molar-refractivity contribution in [3.63, 3.8) is 0 Å². The highest BCUT2D eigenvalue weighted by atomic mass is 35.5. The first-order valence-corrected chi connectivity index (χ1v) is 6.43. The van der Waals surface area contributed by atoms with E-state index in [1.54, 1.807) is 0 Å². The summed E-state index contributed by atoms with van der Waals surface area (Å²) in [5.74, 6) is 1.76. The highest BCUT2D eigenvalue weighted by Gasteiger charge is 2.24. The van der Waals surface area contributed by atoms with Gasteiger partial charge in [0, 0.05) is 5.02 Å². The monoisotopic (exact) mass is 222 g/mol. The van der Waals surface area contributed by atoms with Crippen molar-refractivity contribution in [3.8, 4) is 0 Å². The van der Waals surface area contributed by atoms with Gasteiger partial charge in [-0.05, 0) is 48.8 Å². The second-order valence-corrected chi connectivity index (χ2v) is 5.15. The lowest BCUT2D eigenvalue weighted by molar-refractivity contribution is 0.489. The van der Waals surface area contributed by atoms with Crippen LogP contribution in [0.4, 0.5) is 0 Å². The fourth-order valence-corrected chi connectivity index (χ4v) is 2.91. The number of benzene rings is 1. The lowest BCUT2D eigenvalue weighted by atomic mass is 9.95. The van der Waals surface area contributed by atoms with Crippen LogP contribution in [-0.4, -0.2) is 0 Å². The van der Waals surface area contributed by atoms with Crippen LogP contribution in [0.25, 0.3) is 0 Å². The molecule has 0 spiro atoms. The number of hydrogen-bond acceptors (Lipinski definition) is 0. The summed E-state index contributed by atoms with van der Waals surface area (Å²) >= 11 is 5.90. The summed E-state index contributed by atoms with van der Waals surface area (Å²) < 4.78 is 0. The first kappa shape index (κ1) is 11.0. The van der Waals surface area contributed by atoms with E-state index < -0.39 is 0 Å². The third-order valence-electron chi connectivity index (χ3n) is 3.58. The molecule has 1 aliphatic carbocycles. The average Bonchev–Trinajstić information content (AvgIpc) is 2.68. The zero-order valence-corrected chi connectivity index (χ0v) is 10.1. The van der Waals surface area contributed by atoms with Crippen LogP contribution in [0.5, 0.6) is 0 Å². The van der Waals surface area contributed by atoms with Crippen LogP contribution >= 0.6 is 11.6 Å². The fourth-order valence-electron chi connectivity index (χ4n) is 2.78. The van der Waals surface area contributed by atoms with E-state index in [0.29, 0.717) is 0 Å². The van der Waals surface area contributed by atoms with E-state index in [1.807, 2.05) is 12.1 Å². The summed E-state index contributed by atoms with van der Waals surface area (Å²) in [4.78, 5) is 0. The molecule has 2 atom stereocenters. The summed E-state index contributed by atoms with van der Waals surface area (Å²) in [6.45, 7) is 2.29. The molecule has 0 N–H and O–H groups in total. The van der Waals surface area contributed by atoms with Crippen molar-refractivity contribution in [3.05, 3.63) is 34.9 Å². The minimum absolute atomic E-state index is 0.791. The van der Waals surface area contributed by atoms with E-state index in [1.165, 1.54) is 37.7 Å². The van der Waals surface area contributed by atoms with Gasteiger partial charge >= 0.3 is 0 Å². The molecule has 1 heteroatoms. The standard InChI is InChI=1S/C14H19Cl/c1-2-3-11-4-5-13(10-11)12-6-8-14(15)9-7-12/h6-9,11,13H,2-5,10H2,1H3. The largest absolute Gasteiger partial charge is 0.0843 e. The SMILES string of the molecule is CCCC1CCC(c2ccc(Cl)cc2)C1. The van der Waals surface area contributed by atoms with Crippen LogP contribution in [0.1, 0.15) is 50.5 Å². The summed E-state index contributed by atoms with van der Waals surface area (Å²) in [7, 11) is 0. The second-order valence-electron chi connectivity index (χ2n) is 4.72. The first-order valence-electron chi connectivity index (χ1n) is 6.05. The average molecular weight is 223 g/mol. The number of hydrogen-bond donors (Lipinski definition) is 0. The van der Waals surface area contributed by atoms with Crippen LogP contribution in [0.2, 0.25) is 5.02 Å². The molecule has 0 bridgehead atoms. The maximum absolute atomic E-state index is 5.90. The molecule has 1 aliphatic rings. The molecule has 1 aromatic carbocycles. The normalized spacial score (nSPS) is 25.7. The van der Waals surface area contributed by atoms with Crippen molar-refractivity contribution in [2.75, 3.05) is 0 Å². The molecule has 1 fully saturated rings. The van der Waals surface area contributed by atoms with Gasteiger partial charge in [0.2, 0.25) is 0 Å². The molecule has 82 valence electrons. The molecule has 2 rings (SSSR count). The number of halogens is 1. The van der Waals surface area contributed by atoms with Crippen LogP contribution in [0.3, 0.4) is 0 Å². The zero-order valence-electron chi connectivity index (χ0n) is 9.38. The topological polar surface area (TPSA) is 0 Å². The fraction of sp³-hybridized carbons (Fsp3) is 0.571. The Morgan fingerprint density at radius 3 is 2.60 bits per heavy atom. The molecule has 15 heavy (non-hydrogen) atoms. The first-order chi connectivity index (χ1) is 7.29. The molecule has 0 heterocycles. The molecule has 1 aromatic rings. The zero-order chi connectivity index (χ0) is 10.7. The van der Waals surface area contributed by atoms with E-state index >= 15 is 0 Å². The smallest absolute Gasteiger partial charge is 0.0406 e. The van der Waals surface area contributed by atoms with Gasteiger partial charge in [-0.1, -0.05) is 43.5 Å². The van der Waals surface area contributed by atoms with Crippen LogP contribution in [-0.2, 0) is 0 Å². The second kappa shape index (κ2) is 5.03. The summed E-state index contributed by atoms with van der Waals surface area (Å²) in [5.41, 5.74) is 1.48. The van der Waals surface area contributed by atoms with Crippen molar-refractivity contribution < 1.29 is 0 Å². The lowest BCUT2D eigenvalue weighted by Crippen LogP contribution is -1.95. The summed E-state index contributed by atoms with van der Waals surface area (Å²) in [5, 5.41) is 0.849. The minimum Gasteiger partial charge on any atom is -0.0843 e. The van der Waals surface area contributed by atoms with Gasteiger partial charge in [-0.25, -0.2) is 0 Å². The Balaban J connectivity index is 1.98. The van der Waals surface area contributed by atoms with Gasteiger partial charge in [-0.15, -0.1) is 0 Å². The predicted molar refractivity (Wildman–Crippen MR) is 66.4 cm³/mol. The van der Waals surface area contributed by atoms with Gasteiger partial charge in [0.15, 0.2) is 0 Å².